The molecule has 2 atom stereocenters. The molecule has 2 aliphatic rings. The topological polar surface area (TPSA) is 32.5 Å². The number of hydrogen-bond acceptors (Lipinski definition) is 3. The molecule has 0 bridgehead atoms. The van der Waals surface area contributed by atoms with Crippen molar-refractivity contribution in [2.45, 2.75) is 25.3 Å². The van der Waals surface area contributed by atoms with Gasteiger partial charge in [-0.25, -0.2) is 0 Å². The second-order valence-electron chi connectivity index (χ2n) is 4.87. The van der Waals surface area contributed by atoms with Gasteiger partial charge in [0.05, 0.1) is 0 Å². The molecule has 0 amide bonds. The summed E-state index contributed by atoms with van der Waals surface area (Å²) >= 11 is 0. The Morgan fingerprint density at radius 2 is 1.93 bits per heavy atom. The summed E-state index contributed by atoms with van der Waals surface area (Å²) in [7, 11) is 2.24. The van der Waals surface area contributed by atoms with Gasteiger partial charge in [0, 0.05) is 19.1 Å². The Kier molecular flexibility index (Phi) is 3.42. The molecular weight excluding hydrogens is 174 g/mol. The first-order chi connectivity index (χ1) is 6.81. The van der Waals surface area contributed by atoms with Crippen LogP contribution in [0.15, 0.2) is 0 Å². The van der Waals surface area contributed by atoms with Gasteiger partial charge in [-0.15, -0.1) is 0 Å². The van der Waals surface area contributed by atoms with Crippen LogP contribution in [-0.2, 0) is 0 Å². The molecule has 0 aromatic heterocycles. The van der Waals surface area contributed by atoms with E-state index in [-0.39, 0.29) is 0 Å². The average Bonchev–Trinajstić information content (AvgIpc) is 2.74. The molecule has 14 heavy (non-hydrogen) atoms. The molecule has 0 aromatic carbocycles. The summed E-state index contributed by atoms with van der Waals surface area (Å²) in [6.07, 6.45) is 4.00. The van der Waals surface area contributed by atoms with Crippen LogP contribution < -0.4 is 5.73 Å². The minimum absolute atomic E-state index is 0.797. The number of likely N-dealkylation sites (tertiary alicyclic amines) is 2. The van der Waals surface area contributed by atoms with Crippen LogP contribution in [-0.4, -0.2) is 55.6 Å². The Bertz CT molecular complexity index is 177. The smallest absolute Gasteiger partial charge is 0.0263 e. The van der Waals surface area contributed by atoms with Crippen molar-refractivity contribution in [1.82, 2.24) is 9.80 Å². The third kappa shape index (κ3) is 2.10. The molecule has 82 valence electrons. The van der Waals surface area contributed by atoms with Crippen LogP contribution in [0.5, 0.6) is 0 Å². The van der Waals surface area contributed by atoms with Crippen molar-refractivity contribution in [3.05, 3.63) is 0 Å². The highest BCUT2D eigenvalue weighted by Gasteiger charge is 2.35. The number of nitrogens with zero attached hydrogens (tertiary/aromatic N) is 2. The predicted molar refractivity (Wildman–Crippen MR) is 59.3 cm³/mol. The maximum Gasteiger partial charge on any atom is 0.0263 e. The predicted octanol–water partition coefficient (Wildman–Crippen LogP) is 0.361. The number of nitrogens with two attached hydrogens (primary N) is 1. The van der Waals surface area contributed by atoms with E-state index in [4.69, 9.17) is 5.73 Å². The fourth-order valence-corrected chi connectivity index (χ4v) is 3.05. The van der Waals surface area contributed by atoms with Gasteiger partial charge in [-0.2, -0.15) is 0 Å². The van der Waals surface area contributed by atoms with E-state index in [1.165, 1.54) is 45.4 Å². The highest BCUT2D eigenvalue weighted by molar-refractivity contribution is 4.91. The lowest BCUT2D eigenvalue weighted by molar-refractivity contribution is 0.203. The van der Waals surface area contributed by atoms with Crippen molar-refractivity contribution in [3.63, 3.8) is 0 Å². The Labute approximate surface area is 87.2 Å². The van der Waals surface area contributed by atoms with Gasteiger partial charge < -0.3 is 10.6 Å². The van der Waals surface area contributed by atoms with Crippen molar-refractivity contribution < 1.29 is 0 Å². The molecule has 0 aliphatic carbocycles. The molecule has 2 saturated heterocycles. The second kappa shape index (κ2) is 4.60. The van der Waals surface area contributed by atoms with Crippen molar-refractivity contribution in [2.75, 3.05) is 39.8 Å². The largest absolute Gasteiger partial charge is 0.330 e. The van der Waals surface area contributed by atoms with Crippen LogP contribution in [0, 0.1) is 5.92 Å². The zero-order chi connectivity index (χ0) is 9.97. The van der Waals surface area contributed by atoms with Gasteiger partial charge >= 0.3 is 0 Å². The van der Waals surface area contributed by atoms with E-state index in [1.54, 1.807) is 0 Å². The van der Waals surface area contributed by atoms with E-state index in [2.05, 4.69) is 16.8 Å². The third-order valence-electron chi connectivity index (χ3n) is 3.74. The lowest BCUT2D eigenvalue weighted by atomic mass is 9.99. The maximum absolute atomic E-state index is 5.68. The molecule has 2 aliphatic heterocycles. The standard InChI is InChI=1S/C11H23N3/c1-13-8-10(4-5-12)11(9-13)14-6-2-3-7-14/h10-11H,2-9,12H2,1H3. The third-order valence-corrected chi connectivity index (χ3v) is 3.74. The molecule has 2 heterocycles. The number of likely N-dealkylation sites (N-methyl/N-ethyl adjacent to an activating group) is 1. The van der Waals surface area contributed by atoms with Crippen LogP contribution >= 0.6 is 0 Å². The summed E-state index contributed by atoms with van der Waals surface area (Å²) in [6.45, 7) is 5.99. The fourth-order valence-electron chi connectivity index (χ4n) is 3.05. The SMILES string of the molecule is CN1CC(CCN)C(N2CCCC2)C1. The van der Waals surface area contributed by atoms with Crippen molar-refractivity contribution in [1.29, 1.82) is 0 Å². The molecule has 2 fully saturated rings. The lowest BCUT2D eigenvalue weighted by Gasteiger charge is -2.28. The first-order valence-electron chi connectivity index (χ1n) is 5.94. The summed E-state index contributed by atoms with van der Waals surface area (Å²) in [5.74, 6) is 0.822. The lowest BCUT2D eigenvalue weighted by Crippen LogP contribution is -2.39. The molecule has 0 saturated carbocycles. The van der Waals surface area contributed by atoms with E-state index in [0.29, 0.717) is 0 Å². The Balaban J connectivity index is 1.93. The molecule has 2 N–H and O–H groups in total. The van der Waals surface area contributed by atoms with Crippen LogP contribution in [0.1, 0.15) is 19.3 Å². The Hall–Kier alpha value is -0.120. The monoisotopic (exact) mass is 197 g/mol. The molecule has 3 heteroatoms. The van der Waals surface area contributed by atoms with Crippen molar-refractivity contribution >= 4 is 0 Å². The zero-order valence-electron chi connectivity index (χ0n) is 9.28. The summed E-state index contributed by atoms with van der Waals surface area (Å²) < 4.78 is 0. The molecular formula is C11H23N3. The van der Waals surface area contributed by atoms with Crippen LogP contribution in [0.4, 0.5) is 0 Å². The molecule has 2 rings (SSSR count). The van der Waals surface area contributed by atoms with E-state index >= 15 is 0 Å². The summed E-state index contributed by atoms with van der Waals surface area (Å²) in [4.78, 5) is 5.15. The Morgan fingerprint density at radius 1 is 1.21 bits per heavy atom. The van der Waals surface area contributed by atoms with Crippen LogP contribution in [0.2, 0.25) is 0 Å². The van der Waals surface area contributed by atoms with Gasteiger partial charge in [0.2, 0.25) is 0 Å². The zero-order valence-corrected chi connectivity index (χ0v) is 9.28. The van der Waals surface area contributed by atoms with Crippen LogP contribution in [0.3, 0.4) is 0 Å². The quantitative estimate of drug-likeness (QED) is 0.709. The highest BCUT2D eigenvalue weighted by Crippen LogP contribution is 2.26. The van der Waals surface area contributed by atoms with Crippen molar-refractivity contribution in [3.8, 4) is 0 Å². The number of hydrogen-bond donors (Lipinski definition) is 1. The van der Waals surface area contributed by atoms with Gasteiger partial charge in [-0.3, -0.25) is 4.90 Å². The molecule has 2 unspecified atom stereocenters. The van der Waals surface area contributed by atoms with Gasteiger partial charge in [0.25, 0.3) is 0 Å². The van der Waals surface area contributed by atoms with Crippen molar-refractivity contribution in [2.24, 2.45) is 11.7 Å². The van der Waals surface area contributed by atoms with E-state index in [9.17, 15) is 0 Å². The maximum atomic E-state index is 5.68. The summed E-state index contributed by atoms with van der Waals surface area (Å²) in [6, 6.07) is 0.797. The van der Waals surface area contributed by atoms with Gasteiger partial charge in [0.1, 0.15) is 0 Å². The van der Waals surface area contributed by atoms with Crippen LogP contribution in [0.25, 0.3) is 0 Å². The van der Waals surface area contributed by atoms with E-state index < -0.39 is 0 Å². The molecule has 0 radical (unpaired) electrons. The second-order valence-corrected chi connectivity index (χ2v) is 4.87. The number of rotatable bonds is 3. The molecule has 0 aromatic rings. The van der Waals surface area contributed by atoms with Gasteiger partial charge in [-0.05, 0) is 51.9 Å². The van der Waals surface area contributed by atoms with Gasteiger partial charge in [0.15, 0.2) is 0 Å². The molecule has 3 nitrogen and oxygen atoms in total. The first-order valence-corrected chi connectivity index (χ1v) is 5.94. The minimum Gasteiger partial charge on any atom is -0.330 e. The fraction of sp³-hybridized carbons (Fsp3) is 1.00. The normalized spacial score (nSPS) is 35.6. The average molecular weight is 197 g/mol. The summed E-state index contributed by atoms with van der Waals surface area (Å²) in [5, 5.41) is 0. The molecule has 0 spiro atoms. The minimum atomic E-state index is 0.797. The van der Waals surface area contributed by atoms with E-state index in [1.807, 2.05) is 0 Å². The summed E-state index contributed by atoms with van der Waals surface area (Å²) in [5.41, 5.74) is 5.68. The van der Waals surface area contributed by atoms with Gasteiger partial charge in [-0.1, -0.05) is 0 Å². The Morgan fingerprint density at radius 3 is 2.57 bits per heavy atom. The highest BCUT2D eigenvalue weighted by atomic mass is 15.3. The first kappa shape index (κ1) is 10.4. The van der Waals surface area contributed by atoms with E-state index in [0.717, 1.165) is 18.5 Å².